The van der Waals surface area contributed by atoms with Crippen molar-refractivity contribution in [2.24, 2.45) is 0 Å². The molecule has 0 radical (unpaired) electrons. The van der Waals surface area contributed by atoms with E-state index in [1.807, 2.05) is 35.8 Å². The smallest absolute Gasteiger partial charge is 0.123 e. The van der Waals surface area contributed by atoms with Gasteiger partial charge in [-0.15, -0.1) is 11.3 Å². The van der Waals surface area contributed by atoms with Gasteiger partial charge >= 0.3 is 0 Å². The van der Waals surface area contributed by atoms with Crippen molar-refractivity contribution >= 4 is 33.0 Å². The maximum Gasteiger partial charge on any atom is 0.123 e. The monoisotopic (exact) mass is 345 g/mol. The molecule has 3 rings (SSSR count). The molecule has 0 spiro atoms. The Hall–Kier alpha value is -1.72. The molecule has 0 saturated carbocycles. The summed E-state index contributed by atoms with van der Waals surface area (Å²) in [7, 11) is 0. The Morgan fingerprint density at radius 2 is 2.05 bits per heavy atom. The minimum atomic E-state index is 0.695. The fraction of sp³-hybridized carbons (Fsp3) is 0.0667. The minimum absolute atomic E-state index is 0.695. The number of anilines is 1. The average Bonchev–Trinajstić information content (AvgIpc) is 3.00. The Morgan fingerprint density at radius 1 is 1.15 bits per heavy atom. The van der Waals surface area contributed by atoms with Crippen molar-refractivity contribution in [2.75, 3.05) is 5.32 Å². The van der Waals surface area contributed by atoms with Gasteiger partial charge in [0.2, 0.25) is 0 Å². The summed E-state index contributed by atoms with van der Waals surface area (Å²) in [6.45, 7) is 0.695. The van der Waals surface area contributed by atoms with Gasteiger partial charge < -0.3 is 5.32 Å². The van der Waals surface area contributed by atoms with E-state index in [0.717, 1.165) is 26.6 Å². The molecule has 0 aliphatic heterocycles. The number of nitrogens with zero attached hydrogens (tertiary/aromatic N) is 2. The zero-order chi connectivity index (χ0) is 13.8. The number of benzene rings is 1. The van der Waals surface area contributed by atoms with Crippen LogP contribution in [0.1, 0.15) is 5.69 Å². The van der Waals surface area contributed by atoms with Gasteiger partial charge in [-0.05, 0) is 40.2 Å². The minimum Gasteiger partial charge on any atom is -0.379 e. The van der Waals surface area contributed by atoms with Crippen LogP contribution in [0.25, 0.3) is 10.6 Å². The molecule has 0 unspecified atom stereocenters. The summed E-state index contributed by atoms with van der Waals surface area (Å²) in [6, 6.07) is 14.2. The van der Waals surface area contributed by atoms with Crippen molar-refractivity contribution in [3.05, 3.63) is 64.3 Å². The number of hydrogen-bond donors (Lipinski definition) is 1. The van der Waals surface area contributed by atoms with Gasteiger partial charge in [0, 0.05) is 22.8 Å². The summed E-state index contributed by atoms with van der Waals surface area (Å²) < 4.78 is 0.855. The Labute approximate surface area is 129 Å². The third-order valence-electron chi connectivity index (χ3n) is 2.79. The molecule has 0 aliphatic carbocycles. The molecule has 0 aliphatic rings. The first-order valence-electron chi connectivity index (χ1n) is 6.16. The van der Waals surface area contributed by atoms with Gasteiger partial charge in [0.15, 0.2) is 0 Å². The molecule has 1 aromatic carbocycles. The third kappa shape index (κ3) is 3.23. The second kappa shape index (κ2) is 6.15. The first kappa shape index (κ1) is 13.3. The number of hydrogen-bond acceptors (Lipinski definition) is 4. The molecule has 2 heterocycles. The van der Waals surface area contributed by atoms with E-state index in [4.69, 9.17) is 0 Å². The summed E-state index contributed by atoms with van der Waals surface area (Å²) in [6.07, 6.45) is 1.82. The van der Waals surface area contributed by atoms with Gasteiger partial charge in [-0.1, -0.05) is 18.2 Å². The lowest BCUT2D eigenvalue weighted by Gasteiger charge is -2.07. The fourth-order valence-corrected chi connectivity index (χ4v) is 2.89. The second-order valence-corrected chi connectivity index (χ2v) is 5.93. The lowest BCUT2D eigenvalue weighted by molar-refractivity contribution is 1.03. The number of aromatic nitrogens is 2. The number of pyridine rings is 1. The highest BCUT2D eigenvalue weighted by atomic mass is 79.9. The van der Waals surface area contributed by atoms with Crippen LogP contribution in [0.15, 0.2) is 58.6 Å². The molecule has 0 amide bonds. The van der Waals surface area contributed by atoms with Crippen molar-refractivity contribution in [1.29, 1.82) is 0 Å². The number of rotatable bonds is 4. The lowest BCUT2D eigenvalue weighted by atomic mass is 10.2. The fourth-order valence-electron chi connectivity index (χ4n) is 1.87. The largest absolute Gasteiger partial charge is 0.379 e. The standard InChI is InChI=1S/C15H12BrN3S/c16-14-6-2-5-13(19-14)10-18-12-4-1-3-11(9-12)15-17-7-8-20-15/h1-9,18H,10H2. The van der Waals surface area contributed by atoms with Crippen LogP contribution < -0.4 is 5.32 Å². The molecule has 3 nitrogen and oxygen atoms in total. The third-order valence-corrected chi connectivity index (χ3v) is 4.05. The van der Waals surface area contributed by atoms with E-state index < -0.39 is 0 Å². The first-order valence-corrected chi connectivity index (χ1v) is 7.84. The predicted octanol–water partition coefficient (Wildman–Crippen LogP) is 4.58. The van der Waals surface area contributed by atoms with E-state index in [9.17, 15) is 0 Å². The zero-order valence-electron chi connectivity index (χ0n) is 10.6. The average molecular weight is 346 g/mol. The summed E-state index contributed by atoms with van der Waals surface area (Å²) in [4.78, 5) is 8.73. The molecule has 0 atom stereocenters. The molecule has 0 fully saturated rings. The van der Waals surface area contributed by atoms with E-state index in [1.54, 1.807) is 11.3 Å². The van der Waals surface area contributed by atoms with E-state index in [0.29, 0.717) is 6.54 Å². The van der Waals surface area contributed by atoms with Crippen LogP contribution in [-0.4, -0.2) is 9.97 Å². The highest BCUT2D eigenvalue weighted by Crippen LogP contribution is 2.24. The summed E-state index contributed by atoms with van der Waals surface area (Å²) in [5.74, 6) is 0. The Morgan fingerprint density at radius 3 is 2.85 bits per heavy atom. The molecular formula is C15H12BrN3S. The lowest BCUT2D eigenvalue weighted by Crippen LogP contribution is -2.01. The Bertz CT molecular complexity index is 698. The van der Waals surface area contributed by atoms with E-state index in [1.165, 1.54) is 0 Å². The van der Waals surface area contributed by atoms with Gasteiger partial charge in [0.1, 0.15) is 9.61 Å². The molecule has 1 N–H and O–H groups in total. The molecule has 0 saturated heterocycles. The summed E-state index contributed by atoms with van der Waals surface area (Å²) in [5, 5.41) is 6.41. The topological polar surface area (TPSA) is 37.8 Å². The summed E-state index contributed by atoms with van der Waals surface area (Å²) in [5.41, 5.74) is 3.20. The molecule has 100 valence electrons. The number of nitrogens with one attached hydrogen (secondary N) is 1. The van der Waals surface area contributed by atoms with Crippen LogP contribution in [0, 0.1) is 0 Å². The summed E-state index contributed by atoms with van der Waals surface area (Å²) >= 11 is 5.02. The second-order valence-electron chi connectivity index (χ2n) is 4.22. The molecule has 0 bridgehead atoms. The van der Waals surface area contributed by atoms with Crippen LogP contribution >= 0.6 is 27.3 Å². The Balaban J connectivity index is 1.73. The van der Waals surface area contributed by atoms with Gasteiger partial charge in [-0.3, -0.25) is 0 Å². The van der Waals surface area contributed by atoms with Gasteiger partial charge in [-0.25, -0.2) is 9.97 Å². The zero-order valence-corrected chi connectivity index (χ0v) is 13.0. The van der Waals surface area contributed by atoms with Crippen LogP contribution in [0.5, 0.6) is 0 Å². The van der Waals surface area contributed by atoms with Gasteiger partial charge in [-0.2, -0.15) is 0 Å². The van der Waals surface area contributed by atoms with Crippen molar-refractivity contribution in [3.63, 3.8) is 0 Å². The van der Waals surface area contributed by atoms with Gasteiger partial charge in [0.05, 0.1) is 12.2 Å². The normalized spacial score (nSPS) is 10.4. The number of thiazole rings is 1. The molecule has 20 heavy (non-hydrogen) atoms. The number of halogens is 1. The molecule has 2 aromatic heterocycles. The van der Waals surface area contributed by atoms with Crippen LogP contribution in [0.4, 0.5) is 5.69 Å². The predicted molar refractivity (Wildman–Crippen MR) is 86.8 cm³/mol. The maximum absolute atomic E-state index is 4.40. The van der Waals surface area contributed by atoms with E-state index >= 15 is 0 Å². The Kier molecular flexibility index (Phi) is 4.08. The van der Waals surface area contributed by atoms with Crippen molar-refractivity contribution in [3.8, 4) is 10.6 Å². The van der Waals surface area contributed by atoms with E-state index in [-0.39, 0.29) is 0 Å². The SMILES string of the molecule is Brc1cccc(CNc2cccc(-c3nccs3)c2)n1. The first-order chi connectivity index (χ1) is 9.81. The highest BCUT2D eigenvalue weighted by molar-refractivity contribution is 9.10. The highest BCUT2D eigenvalue weighted by Gasteiger charge is 2.02. The molecular weight excluding hydrogens is 334 g/mol. The van der Waals surface area contributed by atoms with E-state index in [2.05, 4.69) is 49.4 Å². The molecule has 3 aromatic rings. The van der Waals surface area contributed by atoms with Crippen LogP contribution in [0.2, 0.25) is 0 Å². The van der Waals surface area contributed by atoms with Crippen LogP contribution in [0.3, 0.4) is 0 Å². The van der Waals surface area contributed by atoms with Crippen LogP contribution in [-0.2, 0) is 6.54 Å². The maximum atomic E-state index is 4.40. The van der Waals surface area contributed by atoms with Crippen molar-refractivity contribution in [1.82, 2.24) is 9.97 Å². The van der Waals surface area contributed by atoms with Crippen molar-refractivity contribution < 1.29 is 0 Å². The molecule has 5 heteroatoms. The van der Waals surface area contributed by atoms with Gasteiger partial charge in [0.25, 0.3) is 0 Å². The quantitative estimate of drug-likeness (QED) is 0.703. The van der Waals surface area contributed by atoms with Crippen molar-refractivity contribution in [2.45, 2.75) is 6.54 Å².